The minimum Gasteiger partial charge on any atom is -0.486 e. The van der Waals surface area contributed by atoms with Crippen molar-refractivity contribution < 1.29 is 14.3 Å². The van der Waals surface area contributed by atoms with Crippen molar-refractivity contribution in [3.63, 3.8) is 0 Å². The van der Waals surface area contributed by atoms with Crippen LogP contribution in [0.3, 0.4) is 0 Å². The van der Waals surface area contributed by atoms with Crippen LogP contribution in [0.1, 0.15) is 15.9 Å². The van der Waals surface area contributed by atoms with Crippen LogP contribution in [-0.4, -0.2) is 37.1 Å². The summed E-state index contributed by atoms with van der Waals surface area (Å²) in [5, 5.41) is 8.80. The highest BCUT2D eigenvalue weighted by atomic mass is 16.6. The lowest BCUT2D eigenvalue weighted by atomic mass is 10.1. The van der Waals surface area contributed by atoms with Crippen molar-refractivity contribution in [2.24, 2.45) is 0 Å². The lowest BCUT2D eigenvalue weighted by Crippen LogP contribution is -2.41. The summed E-state index contributed by atoms with van der Waals surface area (Å²) in [6.07, 6.45) is -0.211. The molecule has 0 bridgehead atoms. The van der Waals surface area contributed by atoms with Gasteiger partial charge in [0.2, 0.25) is 0 Å². The minimum absolute atomic E-state index is 0.114. The molecule has 0 spiro atoms. The van der Waals surface area contributed by atoms with E-state index in [1.54, 1.807) is 36.2 Å². The molecule has 1 aliphatic rings. The molecule has 0 aliphatic carbocycles. The highest BCUT2D eigenvalue weighted by molar-refractivity contribution is 5.94. The predicted molar refractivity (Wildman–Crippen MR) is 84.5 cm³/mol. The molecule has 2 aromatic carbocycles. The Hall–Kier alpha value is -3.00. The van der Waals surface area contributed by atoms with Crippen LogP contribution < -0.4 is 9.47 Å². The molecular formula is C18H16N2O3. The molecule has 23 heavy (non-hydrogen) atoms. The van der Waals surface area contributed by atoms with Crippen LogP contribution in [0.25, 0.3) is 0 Å². The summed E-state index contributed by atoms with van der Waals surface area (Å²) in [5.41, 5.74) is 1.08. The van der Waals surface area contributed by atoms with Crippen molar-refractivity contribution in [3.8, 4) is 17.6 Å². The Morgan fingerprint density at radius 3 is 2.61 bits per heavy atom. The second kappa shape index (κ2) is 6.41. The third-order valence-corrected chi connectivity index (χ3v) is 3.65. The molecule has 0 saturated heterocycles. The highest BCUT2D eigenvalue weighted by Crippen LogP contribution is 2.31. The first-order valence-electron chi connectivity index (χ1n) is 7.31. The van der Waals surface area contributed by atoms with E-state index in [9.17, 15) is 4.79 Å². The van der Waals surface area contributed by atoms with E-state index in [0.717, 1.165) is 5.75 Å². The predicted octanol–water partition coefficient (Wildman–Crippen LogP) is 2.47. The number of amides is 1. The molecule has 3 rings (SSSR count). The van der Waals surface area contributed by atoms with Gasteiger partial charge in [0.15, 0.2) is 17.6 Å². The van der Waals surface area contributed by atoms with Crippen LogP contribution in [0, 0.1) is 11.3 Å². The van der Waals surface area contributed by atoms with E-state index < -0.39 is 0 Å². The number of rotatable bonds is 3. The molecule has 2 aromatic rings. The van der Waals surface area contributed by atoms with Gasteiger partial charge in [-0.1, -0.05) is 12.1 Å². The number of hydrogen-bond donors (Lipinski definition) is 0. The Labute approximate surface area is 134 Å². The van der Waals surface area contributed by atoms with Gasteiger partial charge in [-0.15, -0.1) is 0 Å². The number of nitriles is 1. The summed E-state index contributed by atoms with van der Waals surface area (Å²) in [6.45, 7) is 0.829. The van der Waals surface area contributed by atoms with Gasteiger partial charge in [-0.25, -0.2) is 0 Å². The highest BCUT2D eigenvalue weighted by Gasteiger charge is 2.24. The summed E-state index contributed by atoms with van der Waals surface area (Å²) < 4.78 is 11.5. The number of carbonyl (C=O) groups is 1. The number of nitrogens with zero attached hydrogens (tertiary/aromatic N) is 2. The average molecular weight is 308 g/mol. The molecule has 1 amide bonds. The van der Waals surface area contributed by atoms with Gasteiger partial charge in [0.1, 0.15) is 6.61 Å². The number of fused-ring (bicyclic) bond motifs is 1. The average Bonchev–Trinajstić information content (AvgIpc) is 2.61. The van der Waals surface area contributed by atoms with Crippen molar-refractivity contribution in [1.82, 2.24) is 4.90 Å². The third-order valence-electron chi connectivity index (χ3n) is 3.65. The van der Waals surface area contributed by atoms with Gasteiger partial charge in [0, 0.05) is 12.6 Å². The molecule has 1 aliphatic heterocycles. The Balaban J connectivity index is 1.64. The van der Waals surface area contributed by atoms with Crippen molar-refractivity contribution in [1.29, 1.82) is 5.26 Å². The molecule has 0 fully saturated rings. The summed E-state index contributed by atoms with van der Waals surface area (Å²) >= 11 is 0. The molecular weight excluding hydrogens is 292 g/mol. The molecule has 0 saturated carbocycles. The van der Waals surface area contributed by atoms with Gasteiger partial charge in [-0.3, -0.25) is 4.79 Å². The zero-order chi connectivity index (χ0) is 16.2. The largest absolute Gasteiger partial charge is 0.486 e. The summed E-state index contributed by atoms with van der Waals surface area (Å²) in [5.74, 6) is 1.31. The third kappa shape index (κ3) is 3.27. The lowest BCUT2D eigenvalue weighted by Gasteiger charge is -2.29. The molecule has 1 heterocycles. The van der Waals surface area contributed by atoms with E-state index in [4.69, 9.17) is 14.7 Å². The van der Waals surface area contributed by atoms with E-state index in [1.807, 2.05) is 30.3 Å². The summed E-state index contributed by atoms with van der Waals surface area (Å²) in [6, 6.07) is 16.1. The Morgan fingerprint density at radius 1 is 1.22 bits per heavy atom. The van der Waals surface area contributed by atoms with Crippen LogP contribution in [0.15, 0.2) is 48.5 Å². The Kier molecular flexibility index (Phi) is 4.15. The standard InChI is InChI=1S/C18H16N2O3/c1-20(18(21)14-8-6-13(10-19)7-9-14)11-15-12-22-16-4-2-3-5-17(16)23-15/h2-9,15H,11-12H2,1H3/t15-/m1/s1. The molecule has 116 valence electrons. The maximum atomic E-state index is 12.4. The minimum atomic E-state index is -0.211. The van der Waals surface area contributed by atoms with Gasteiger partial charge >= 0.3 is 0 Å². The van der Waals surface area contributed by atoms with E-state index in [-0.39, 0.29) is 12.0 Å². The normalized spacial score (nSPS) is 15.6. The van der Waals surface area contributed by atoms with Gasteiger partial charge < -0.3 is 14.4 Å². The van der Waals surface area contributed by atoms with E-state index in [0.29, 0.717) is 30.0 Å². The molecule has 0 radical (unpaired) electrons. The molecule has 5 heteroatoms. The van der Waals surface area contributed by atoms with Crippen molar-refractivity contribution >= 4 is 5.91 Å². The number of hydrogen-bond acceptors (Lipinski definition) is 4. The van der Waals surface area contributed by atoms with Crippen molar-refractivity contribution in [2.45, 2.75) is 6.10 Å². The van der Waals surface area contributed by atoms with Crippen molar-refractivity contribution in [3.05, 3.63) is 59.7 Å². The fourth-order valence-corrected chi connectivity index (χ4v) is 2.45. The number of carbonyl (C=O) groups excluding carboxylic acids is 1. The van der Waals surface area contributed by atoms with Crippen LogP contribution in [-0.2, 0) is 0 Å². The van der Waals surface area contributed by atoms with Gasteiger partial charge in [-0.05, 0) is 36.4 Å². The van der Waals surface area contributed by atoms with Crippen LogP contribution in [0.2, 0.25) is 0 Å². The number of ether oxygens (including phenoxy) is 2. The zero-order valence-corrected chi connectivity index (χ0v) is 12.7. The summed E-state index contributed by atoms with van der Waals surface area (Å²) in [4.78, 5) is 14.0. The second-order valence-electron chi connectivity index (χ2n) is 5.37. The second-order valence-corrected chi connectivity index (χ2v) is 5.37. The molecule has 5 nitrogen and oxygen atoms in total. The molecule has 0 aromatic heterocycles. The van der Waals surface area contributed by atoms with Crippen LogP contribution >= 0.6 is 0 Å². The maximum Gasteiger partial charge on any atom is 0.253 e. The first-order valence-corrected chi connectivity index (χ1v) is 7.31. The van der Waals surface area contributed by atoms with Crippen molar-refractivity contribution in [2.75, 3.05) is 20.2 Å². The Morgan fingerprint density at radius 2 is 1.91 bits per heavy atom. The molecule has 0 unspecified atom stereocenters. The fraction of sp³-hybridized carbons (Fsp3) is 0.222. The van der Waals surface area contributed by atoms with Crippen LogP contribution in [0.5, 0.6) is 11.5 Å². The first-order chi connectivity index (χ1) is 11.2. The lowest BCUT2D eigenvalue weighted by molar-refractivity contribution is 0.0521. The van der Waals surface area contributed by atoms with Crippen LogP contribution in [0.4, 0.5) is 0 Å². The fourth-order valence-electron chi connectivity index (χ4n) is 2.45. The zero-order valence-electron chi connectivity index (χ0n) is 12.7. The SMILES string of the molecule is CN(C[C@@H]1COc2ccccc2O1)C(=O)c1ccc(C#N)cc1. The quantitative estimate of drug-likeness (QED) is 0.874. The smallest absolute Gasteiger partial charge is 0.253 e. The van der Waals surface area contributed by atoms with E-state index in [2.05, 4.69) is 0 Å². The van der Waals surface area contributed by atoms with E-state index >= 15 is 0 Å². The van der Waals surface area contributed by atoms with Gasteiger partial charge in [-0.2, -0.15) is 5.26 Å². The first kappa shape index (κ1) is 14.9. The number of para-hydroxylation sites is 2. The maximum absolute atomic E-state index is 12.4. The molecule has 0 N–H and O–H groups in total. The van der Waals surface area contributed by atoms with Gasteiger partial charge in [0.25, 0.3) is 5.91 Å². The number of benzene rings is 2. The monoisotopic (exact) mass is 308 g/mol. The van der Waals surface area contributed by atoms with Gasteiger partial charge in [0.05, 0.1) is 18.2 Å². The summed E-state index contributed by atoms with van der Waals surface area (Å²) in [7, 11) is 1.73. The Bertz CT molecular complexity index is 750. The number of likely N-dealkylation sites (N-methyl/N-ethyl adjacent to an activating group) is 1. The van der Waals surface area contributed by atoms with E-state index in [1.165, 1.54) is 0 Å². The topological polar surface area (TPSA) is 62.6 Å². The molecule has 1 atom stereocenters.